The fourth-order valence-corrected chi connectivity index (χ4v) is 3.47. The molecule has 9 heteroatoms. The smallest absolute Gasteiger partial charge is 0.308 e. The maximum absolute atomic E-state index is 12.8. The summed E-state index contributed by atoms with van der Waals surface area (Å²) < 4.78 is 28.7. The lowest BCUT2D eigenvalue weighted by atomic mass is 10.0. The Balaban J connectivity index is 2.31. The molecule has 0 aliphatic carbocycles. The first-order valence-corrected chi connectivity index (χ1v) is 10.8. The topological polar surface area (TPSA) is 116 Å². The number of amides is 1. The number of primary sulfonamides is 1. The molecule has 150 valence electrons. The molecule has 3 N–H and O–H groups in total. The van der Waals surface area contributed by atoms with Crippen LogP contribution < -0.4 is 10.5 Å². The van der Waals surface area contributed by atoms with Gasteiger partial charge in [-0.1, -0.05) is 30.3 Å². The lowest BCUT2D eigenvalue weighted by molar-refractivity contribution is -0.147. The minimum Gasteiger partial charge on any atom is -0.463 e. The average molecular weight is 469 g/mol. The van der Waals surface area contributed by atoms with Gasteiger partial charge in [0.15, 0.2) is 0 Å². The molecule has 1 unspecified atom stereocenters. The van der Waals surface area contributed by atoms with Crippen LogP contribution in [0.15, 0.2) is 57.9 Å². The fourth-order valence-electron chi connectivity index (χ4n) is 2.51. The number of halogens is 1. The Kier molecular flexibility index (Phi) is 7.34. The van der Waals surface area contributed by atoms with E-state index in [0.717, 1.165) is 5.56 Å². The largest absolute Gasteiger partial charge is 0.463 e. The number of hydrogen-bond donors (Lipinski definition) is 2. The fraction of sp³-hybridized carbons (Fsp3) is 0.263. The zero-order valence-corrected chi connectivity index (χ0v) is 17.8. The highest BCUT2D eigenvalue weighted by atomic mass is 79.9. The van der Waals surface area contributed by atoms with Gasteiger partial charge in [-0.25, -0.2) is 13.6 Å². The molecule has 28 heavy (non-hydrogen) atoms. The van der Waals surface area contributed by atoms with Gasteiger partial charge in [-0.15, -0.1) is 0 Å². The van der Waals surface area contributed by atoms with Gasteiger partial charge in [0, 0.05) is 4.47 Å². The quantitative estimate of drug-likeness (QED) is 0.605. The molecule has 0 saturated carbocycles. The minimum atomic E-state index is -3.96. The van der Waals surface area contributed by atoms with Crippen molar-refractivity contribution < 1.29 is 22.7 Å². The number of hydrogen-bond acceptors (Lipinski definition) is 5. The van der Waals surface area contributed by atoms with Gasteiger partial charge in [0.25, 0.3) is 5.91 Å². The van der Waals surface area contributed by atoms with Crippen LogP contribution in [0.25, 0.3) is 0 Å². The zero-order valence-electron chi connectivity index (χ0n) is 15.4. The Bertz CT molecular complexity index is 962. The van der Waals surface area contributed by atoms with E-state index in [-0.39, 0.29) is 23.0 Å². The number of ether oxygens (including phenoxy) is 1. The second-order valence-corrected chi connectivity index (χ2v) is 8.78. The van der Waals surface area contributed by atoms with E-state index in [4.69, 9.17) is 9.88 Å². The van der Waals surface area contributed by atoms with Gasteiger partial charge in [0.05, 0.1) is 29.0 Å². The molecule has 0 aliphatic rings. The highest BCUT2D eigenvalue weighted by molar-refractivity contribution is 9.10. The number of nitrogens with one attached hydrogen (secondary N) is 1. The number of rotatable bonds is 7. The summed E-state index contributed by atoms with van der Waals surface area (Å²) in [6, 6.07) is 12.2. The number of carbonyl (C=O) groups is 2. The van der Waals surface area contributed by atoms with Gasteiger partial charge in [-0.05, 0) is 53.5 Å². The average Bonchev–Trinajstić information content (AvgIpc) is 2.60. The van der Waals surface area contributed by atoms with Crippen molar-refractivity contribution in [3.63, 3.8) is 0 Å². The van der Waals surface area contributed by atoms with Crippen molar-refractivity contribution in [3.8, 4) is 0 Å². The van der Waals surface area contributed by atoms with E-state index in [1.165, 1.54) is 18.2 Å². The molecular formula is C19H21BrN2O5S. The van der Waals surface area contributed by atoms with Crippen LogP contribution >= 0.6 is 15.9 Å². The molecule has 1 amide bonds. The van der Waals surface area contributed by atoms with E-state index < -0.39 is 27.9 Å². The molecule has 0 saturated heterocycles. The van der Waals surface area contributed by atoms with Gasteiger partial charge in [0.1, 0.15) is 0 Å². The third kappa shape index (κ3) is 6.15. The molecule has 7 nitrogen and oxygen atoms in total. The summed E-state index contributed by atoms with van der Waals surface area (Å²) in [5, 5.41) is 7.91. The summed E-state index contributed by atoms with van der Waals surface area (Å²) in [7, 11) is -3.96. The molecule has 2 aromatic carbocycles. The molecule has 0 heterocycles. The maximum Gasteiger partial charge on any atom is 0.308 e. The van der Waals surface area contributed by atoms with Crippen molar-refractivity contribution in [2.24, 2.45) is 5.14 Å². The van der Waals surface area contributed by atoms with Gasteiger partial charge < -0.3 is 10.1 Å². The van der Waals surface area contributed by atoms with Crippen molar-refractivity contribution in [1.82, 2.24) is 5.32 Å². The van der Waals surface area contributed by atoms with Crippen LogP contribution in [0, 0.1) is 0 Å². The third-order valence-electron chi connectivity index (χ3n) is 3.76. The number of nitrogens with two attached hydrogens (primary N) is 1. The van der Waals surface area contributed by atoms with E-state index >= 15 is 0 Å². The predicted octanol–water partition coefficient (Wildman–Crippen LogP) is 2.91. The van der Waals surface area contributed by atoms with E-state index in [2.05, 4.69) is 21.2 Å². The van der Waals surface area contributed by atoms with Crippen LogP contribution in [0.4, 0.5) is 0 Å². The Morgan fingerprint density at radius 2 is 1.79 bits per heavy atom. The van der Waals surface area contributed by atoms with E-state index in [1.807, 2.05) is 6.07 Å². The van der Waals surface area contributed by atoms with Gasteiger partial charge >= 0.3 is 5.97 Å². The van der Waals surface area contributed by atoms with Crippen molar-refractivity contribution >= 4 is 37.8 Å². The summed E-state index contributed by atoms with van der Waals surface area (Å²) in [6.07, 6.45) is -0.347. The number of benzene rings is 2. The lowest BCUT2D eigenvalue weighted by Crippen LogP contribution is -2.31. The first kappa shape index (κ1) is 22.1. The second kappa shape index (κ2) is 9.31. The predicted molar refractivity (Wildman–Crippen MR) is 108 cm³/mol. The molecule has 1 atom stereocenters. The Morgan fingerprint density at radius 3 is 2.36 bits per heavy atom. The van der Waals surface area contributed by atoms with Crippen LogP contribution in [-0.2, 0) is 19.6 Å². The molecule has 0 spiro atoms. The summed E-state index contributed by atoms with van der Waals surface area (Å²) in [5.41, 5.74) is 0.806. The Labute approximate surface area is 172 Å². The van der Waals surface area contributed by atoms with Crippen LogP contribution in [0.3, 0.4) is 0 Å². The molecule has 0 radical (unpaired) electrons. The number of carbonyl (C=O) groups excluding carboxylic acids is 2. The van der Waals surface area contributed by atoms with Gasteiger partial charge in [-0.3, -0.25) is 9.59 Å². The number of esters is 1. The second-order valence-electron chi connectivity index (χ2n) is 6.37. The van der Waals surface area contributed by atoms with Gasteiger partial charge in [-0.2, -0.15) is 0 Å². The summed E-state index contributed by atoms with van der Waals surface area (Å²) in [6.45, 7) is 3.48. The maximum atomic E-state index is 12.8. The monoisotopic (exact) mass is 468 g/mol. The molecule has 0 bridgehead atoms. The molecule has 0 aromatic heterocycles. The van der Waals surface area contributed by atoms with Gasteiger partial charge in [0.2, 0.25) is 10.0 Å². The van der Waals surface area contributed by atoms with Crippen molar-refractivity contribution in [3.05, 3.63) is 64.1 Å². The molecular weight excluding hydrogens is 448 g/mol. The Hall–Kier alpha value is -2.23. The molecule has 0 fully saturated rings. The molecule has 0 aliphatic heterocycles. The van der Waals surface area contributed by atoms with E-state index in [0.29, 0.717) is 4.47 Å². The summed E-state index contributed by atoms with van der Waals surface area (Å²) >= 11 is 3.24. The van der Waals surface area contributed by atoms with E-state index in [9.17, 15) is 18.0 Å². The van der Waals surface area contributed by atoms with Crippen molar-refractivity contribution in [2.75, 3.05) is 0 Å². The third-order valence-corrected chi connectivity index (χ3v) is 5.36. The summed E-state index contributed by atoms with van der Waals surface area (Å²) in [4.78, 5) is 24.7. The summed E-state index contributed by atoms with van der Waals surface area (Å²) in [5.74, 6) is -1.01. The first-order chi connectivity index (χ1) is 13.1. The van der Waals surface area contributed by atoms with E-state index in [1.54, 1.807) is 38.1 Å². The van der Waals surface area contributed by atoms with Crippen LogP contribution in [0.2, 0.25) is 0 Å². The molecule has 2 aromatic rings. The number of sulfonamides is 1. The van der Waals surface area contributed by atoms with Crippen molar-refractivity contribution in [2.45, 2.75) is 37.3 Å². The SMILES string of the molecule is CC(C)OC(=O)CC(NC(=O)c1cc(S(N)(=O)=O)ccc1Br)c1ccccc1. The van der Waals surface area contributed by atoms with Crippen molar-refractivity contribution in [1.29, 1.82) is 0 Å². The van der Waals surface area contributed by atoms with Crippen LogP contribution in [0.5, 0.6) is 0 Å². The highest BCUT2D eigenvalue weighted by Crippen LogP contribution is 2.23. The van der Waals surface area contributed by atoms with Crippen LogP contribution in [0.1, 0.15) is 42.2 Å². The lowest BCUT2D eigenvalue weighted by Gasteiger charge is -2.20. The molecule has 2 rings (SSSR count). The minimum absolute atomic E-state index is 0.0690. The zero-order chi connectivity index (χ0) is 20.9. The van der Waals surface area contributed by atoms with Crippen LogP contribution in [-0.4, -0.2) is 26.4 Å². The first-order valence-electron chi connectivity index (χ1n) is 8.45. The highest BCUT2D eigenvalue weighted by Gasteiger charge is 2.22. The normalized spacial score (nSPS) is 12.5. The Morgan fingerprint density at radius 1 is 1.14 bits per heavy atom. The standard InChI is InChI=1S/C19H21BrN2O5S/c1-12(2)27-18(23)11-17(13-6-4-3-5-7-13)22-19(24)15-10-14(28(21,25)26)8-9-16(15)20/h3-10,12,17H,11H2,1-2H3,(H,22,24)(H2,21,25,26).